The Hall–Kier alpha value is -6.54. The zero-order valence-corrected chi connectivity index (χ0v) is 38.4. The van der Waals surface area contributed by atoms with Gasteiger partial charge in [0.15, 0.2) is 0 Å². The fourth-order valence-electron chi connectivity index (χ4n) is 8.82. The number of pyridine rings is 1. The Morgan fingerprint density at radius 1 is 0.667 bits per heavy atom. The summed E-state index contributed by atoms with van der Waals surface area (Å²) in [6.45, 7) is 14.4. The number of rotatable bonds is 8. The predicted molar refractivity (Wildman–Crippen MR) is 262 cm³/mol. The highest BCUT2D eigenvalue weighted by molar-refractivity contribution is 6.34. The normalized spacial score (nSPS) is 16.5. The molecule has 1 spiro atoms. The van der Waals surface area contributed by atoms with E-state index in [1.165, 1.54) is 51.0 Å². The number of halogens is 3. The van der Waals surface area contributed by atoms with E-state index in [0.29, 0.717) is 55.1 Å². The number of carbonyl (C=O) groups is 2. The van der Waals surface area contributed by atoms with Crippen molar-refractivity contribution in [3.05, 3.63) is 126 Å². The molecular weight excluding hydrogens is 860 g/mol. The van der Waals surface area contributed by atoms with Crippen LogP contribution in [0, 0.1) is 17.0 Å². The second-order valence-corrected chi connectivity index (χ2v) is 17.0. The molecule has 5 aromatic carbocycles. The molecule has 2 amide bonds. The first-order valence-electron chi connectivity index (χ1n) is 22.3. The molecule has 3 aliphatic rings. The number of phenolic OH excluding ortho intramolecular Hbond substituents is 2. The number of aromatic nitrogens is 1. The number of para-hydroxylation sites is 1. The van der Waals surface area contributed by atoms with Crippen LogP contribution in [0.2, 0.25) is 5.02 Å². The molecule has 0 bridgehead atoms. The molecule has 3 aliphatic heterocycles. The van der Waals surface area contributed by atoms with Gasteiger partial charge in [-0.1, -0.05) is 67.9 Å². The van der Waals surface area contributed by atoms with Crippen LogP contribution >= 0.6 is 11.6 Å². The van der Waals surface area contributed by atoms with Gasteiger partial charge in [0.05, 0.1) is 16.4 Å². The molecule has 14 heteroatoms. The van der Waals surface area contributed by atoms with Crippen LogP contribution in [0.25, 0.3) is 44.5 Å². The molecule has 1 atom stereocenters. The molecule has 3 saturated heterocycles. The van der Waals surface area contributed by atoms with Crippen LogP contribution in [0.3, 0.4) is 0 Å². The van der Waals surface area contributed by atoms with Crippen molar-refractivity contribution in [3.8, 4) is 56.0 Å². The molecule has 4 heterocycles. The Morgan fingerprint density at radius 2 is 1.27 bits per heavy atom. The number of carbonyl (C=O) groups excluding carboxylic acids is 2. The average Bonchev–Trinajstić information content (AvgIpc) is 3.98. The fourth-order valence-corrected chi connectivity index (χ4v) is 9.05. The summed E-state index contributed by atoms with van der Waals surface area (Å²) in [7, 11) is 0. The number of benzene rings is 5. The van der Waals surface area contributed by atoms with Crippen molar-refractivity contribution in [1.82, 2.24) is 15.6 Å². The molecule has 344 valence electrons. The van der Waals surface area contributed by atoms with Crippen molar-refractivity contribution >= 4 is 46.3 Å². The summed E-state index contributed by atoms with van der Waals surface area (Å²) in [6.07, 6.45) is 4.09. The predicted octanol–water partition coefficient (Wildman–Crippen LogP) is 10.3. The van der Waals surface area contributed by atoms with Gasteiger partial charge >= 0.3 is 0 Å². The lowest BCUT2D eigenvalue weighted by atomic mass is 9.86. The van der Waals surface area contributed by atoms with Crippen LogP contribution in [-0.2, 0) is 9.59 Å². The van der Waals surface area contributed by atoms with Crippen LogP contribution in [0.1, 0.15) is 40.5 Å². The maximum absolute atomic E-state index is 14.6. The Balaban J connectivity index is 0.000000190. The number of hydrogen-bond acceptors (Lipinski definition) is 9. The van der Waals surface area contributed by atoms with E-state index < -0.39 is 11.6 Å². The molecule has 6 aromatic rings. The van der Waals surface area contributed by atoms with E-state index in [9.17, 15) is 28.6 Å². The van der Waals surface area contributed by atoms with E-state index in [2.05, 4.69) is 48.2 Å². The van der Waals surface area contributed by atoms with Gasteiger partial charge in [0.25, 0.3) is 0 Å². The van der Waals surface area contributed by atoms with Crippen LogP contribution in [0.4, 0.5) is 31.7 Å². The van der Waals surface area contributed by atoms with Crippen molar-refractivity contribution in [2.75, 3.05) is 72.8 Å². The molecule has 6 N–H and O–H groups in total. The topological polar surface area (TPSA) is 142 Å². The average molecular weight is 917 g/mol. The van der Waals surface area contributed by atoms with Gasteiger partial charge in [-0.15, -0.1) is 0 Å². The van der Waals surface area contributed by atoms with Crippen LogP contribution < -0.4 is 31.1 Å². The summed E-state index contributed by atoms with van der Waals surface area (Å²) < 4.78 is 29.0. The monoisotopic (exact) mass is 915 g/mol. The molecule has 66 heavy (non-hydrogen) atoms. The summed E-state index contributed by atoms with van der Waals surface area (Å²) in [4.78, 5) is 31.6. The van der Waals surface area contributed by atoms with Gasteiger partial charge in [0.2, 0.25) is 11.8 Å². The highest BCUT2D eigenvalue weighted by Gasteiger charge is 2.40. The van der Waals surface area contributed by atoms with Gasteiger partial charge in [-0.2, -0.15) is 0 Å². The van der Waals surface area contributed by atoms with Crippen molar-refractivity contribution in [1.29, 1.82) is 0 Å². The quantitative estimate of drug-likeness (QED) is 0.0880. The van der Waals surface area contributed by atoms with E-state index >= 15 is 0 Å². The minimum Gasteiger partial charge on any atom is -0.507 e. The molecule has 0 aliphatic carbocycles. The van der Waals surface area contributed by atoms with Gasteiger partial charge < -0.3 is 41.3 Å². The van der Waals surface area contributed by atoms with Crippen LogP contribution in [-0.4, -0.2) is 79.4 Å². The maximum atomic E-state index is 14.6. The SMILES string of the molecule is CC.CC(=O)Nc1ccc(-c2cc(F)cc(-c3ccnc(N4CCNCC4)c3)c2O)cc1Cl.CC(=O)Nc1ccc(-c2cccc(-c3cccc(N4CCC5(CCNC5)C4)c3)c2O)cc1F. The fraction of sp³-hybridized carbons (Fsp3) is 0.288. The molecule has 11 nitrogen and oxygen atoms in total. The number of aromatic hydroxyl groups is 2. The Kier molecular flexibility index (Phi) is 15.2. The lowest BCUT2D eigenvalue weighted by Crippen LogP contribution is -2.43. The number of anilines is 4. The molecule has 0 radical (unpaired) electrons. The summed E-state index contributed by atoms with van der Waals surface area (Å²) in [5, 5.41) is 34.3. The Labute approximate surface area is 389 Å². The minimum absolute atomic E-state index is 0.0535. The van der Waals surface area contributed by atoms with Crippen LogP contribution in [0.5, 0.6) is 11.5 Å². The van der Waals surface area contributed by atoms with Gasteiger partial charge in [-0.3, -0.25) is 9.59 Å². The summed E-state index contributed by atoms with van der Waals surface area (Å²) in [5.74, 6) is -0.763. The summed E-state index contributed by atoms with van der Waals surface area (Å²) in [6, 6.07) is 29.4. The number of phenols is 2. The highest BCUT2D eigenvalue weighted by atomic mass is 35.5. The number of amides is 2. The second kappa shape index (κ2) is 21.2. The lowest BCUT2D eigenvalue weighted by Gasteiger charge is -2.28. The van der Waals surface area contributed by atoms with Gasteiger partial charge in [-0.25, -0.2) is 13.8 Å². The van der Waals surface area contributed by atoms with Gasteiger partial charge in [-0.05, 0) is 102 Å². The third kappa shape index (κ3) is 10.9. The van der Waals surface area contributed by atoms with Crippen molar-refractivity contribution < 1.29 is 28.6 Å². The first-order chi connectivity index (χ1) is 31.9. The Morgan fingerprint density at radius 3 is 1.91 bits per heavy atom. The standard InChI is InChI=1S/C27H28FN3O2.C23H22ClFN4O2.C2H6/c1-18(32)30-25-9-8-20(15-24(25)28)23-7-3-6-22(26(23)33)19-4-2-5-21(14-19)31-13-11-27(17-31)10-12-29-16-27;1-14(30)28-21-3-2-15(10-20(21)24)18-12-17(25)13-19(23(18)31)16-4-5-27-22(11-16)29-8-6-26-7-9-29;1-2/h2-9,14-15,29,33H,10-13,16-17H2,1H3,(H,30,32);2-5,10-13,26,31H,6-9H2,1H3,(H,28,30);1-2H3. The first-order valence-corrected chi connectivity index (χ1v) is 22.7. The van der Waals surface area contributed by atoms with Crippen molar-refractivity contribution in [3.63, 3.8) is 0 Å². The lowest BCUT2D eigenvalue weighted by molar-refractivity contribution is -0.115. The van der Waals surface area contributed by atoms with Crippen LogP contribution in [0.15, 0.2) is 109 Å². The zero-order chi connectivity index (χ0) is 47.0. The molecule has 3 fully saturated rings. The summed E-state index contributed by atoms with van der Waals surface area (Å²) in [5.41, 5.74) is 6.72. The first kappa shape index (κ1) is 47.4. The zero-order valence-electron chi connectivity index (χ0n) is 37.6. The van der Waals surface area contributed by atoms with Crippen molar-refractivity contribution in [2.45, 2.75) is 40.5 Å². The number of hydrogen-bond donors (Lipinski definition) is 6. The van der Waals surface area contributed by atoms with Gasteiger partial charge in [0, 0.05) is 99.2 Å². The number of nitrogens with one attached hydrogen (secondary N) is 4. The number of piperazine rings is 1. The largest absolute Gasteiger partial charge is 0.507 e. The number of nitrogens with zero attached hydrogens (tertiary/aromatic N) is 3. The van der Waals surface area contributed by atoms with Gasteiger partial charge in [0.1, 0.15) is 29.0 Å². The van der Waals surface area contributed by atoms with E-state index in [-0.39, 0.29) is 29.0 Å². The smallest absolute Gasteiger partial charge is 0.221 e. The third-order valence-electron chi connectivity index (χ3n) is 12.1. The maximum Gasteiger partial charge on any atom is 0.221 e. The minimum atomic E-state index is -0.543. The van der Waals surface area contributed by atoms with Crippen molar-refractivity contribution in [2.24, 2.45) is 5.41 Å². The van der Waals surface area contributed by atoms with E-state index in [1.54, 1.807) is 42.6 Å². The van der Waals surface area contributed by atoms with E-state index in [1.807, 2.05) is 44.2 Å². The Bertz CT molecular complexity index is 2710. The molecular formula is C52H56ClF2N7O4. The second-order valence-electron chi connectivity index (χ2n) is 16.6. The highest BCUT2D eigenvalue weighted by Crippen LogP contribution is 2.43. The van der Waals surface area contributed by atoms with E-state index in [4.69, 9.17) is 11.6 Å². The molecule has 9 rings (SSSR count). The molecule has 0 saturated carbocycles. The third-order valence-corrected chi connectivity index (χ3v) is 12.4. The van der Waals surface area contributed by atoms with E-state index in [0.717, 1.165) is 69.4 Å². The molecule has 1 unspecified atom stereocenters. The molecule has 1 aromatic heterocycles. The summed E-state index contributed by atoms with van der Waals surface area (Å²) >= 11 is 6.27.